The van der Waals surface area contributed by atoms with Crippen molar-refractivity contribution in [1.82, 2.24) is 9.80 Å². The summed E-state index contributed by atoms with van der Waals surface area (Å²) in [4.78, 5) is 28.5. The third-order valence-electron chi connectivity index (χ3n) is 4.76. The fraction of sp³-hybridized carbons (Fsp3) is 0.364. The average molecular weight is 366 g/mol. The van der Waals surface area contributed by atoms with Gasteiger partial charge in [-0.15, -0.1) is 0 Å². The third kappa shape index (κ3) is 5.09. The largest absolute Gasteiger partial charge is 0.484 e. The highest BCUT2D eigenvalue weighted by Crippen LogP contribution is 2.13. The molecule has 0 atom stereocenters. The summed E-state index contributed by atoms with van der Waals surface area (Å²) < 4.78 is 5.52. The summed E-state index contributed by atoms with van der Waals surface area (Å²) in [6.45, 7) is 4.34. The highest BCUT2D eigenvalue weighted by Gasteiger charge is 2.25. The van der Waals surface area contributed by atoms with Gasteiger partial charge in [0.05, 0.1) is 0 Å². The van der Waals surface area contributed by atoms with Crippen LogP contribution in [0.3, 0.4) is 0 Å². The fourth-order valence-corrected chi connectivity index (χ4v) is 3.20. The molecule has 0 radical (unpaired) electrons. The Hall–Kier alpha value is -2.82. The second-order valence-corrected chi connectivity index (χ2v) is 6.72. The van der Waals surface area contributed by atoms with E-state index in [0.717, 1.165) is 12.8 Å². The zero-order valence-corrected chi connectivity index (χ0v) is 15.8. The number of hydrogen-bond acceptors (Lipinski definition) is 3. The first-order chi connectivity index (χ1) is 13.2. The van der Waals surface area contributed by atoms with Crippen LogP contribution in [0.25, 0.3) is 0 Å². The lowest BCUT2D eigenvalue weighted by Crippen LogP contribution is -2.51. The normalized spacial score (nSPS) is 14.1. The van der Waals surface area contributed by atoms with Gasteiger partial charge in [0.15, 0.2) is 6.61 Å². The van der Waals surface area contributed by atoms with E-state index in [-0.39, 0.29) is 18.4 Å². The average Bonchev–Trinajstić information content (AvgIpc) is 2.73. The van der Waals surface area contributed by atoms with Crippen molar-refractivity contribution >= 4 is 11.8 Å². The van der Waals surface area contributed by atoms with Crippen LogP contribution in [-0.2, 0) is 11.2 Å². The zero-order valence-electron chi connectivity index (χ0n) is 15.8. The molecule has 5 heteroatoms. The molecule has 3 rings (SSSR count). The van der Waals surface area contributed by atoms with Crippen molar-refractivity contribution in [2.24, 2.45) is 0 Å². The Morgan fingerprint density at radius 3 is 2.15 bits per heavy atom. The summed E-state index contributed by atoms with van der Waals surface area (Å²) in [5.74, 6) is 0.673. The van der Waals surface area contributed by atoms with Crippen molar-refractivity contribution in [2.75, 3.05) is 32.8 Å². The van der Waals surface area contributed by atoms with Crippen LogP contribution >= 0.6 is 0 Å². The number of aryl methyl sites for hydroxylation is 1. The number of amides is 2. The lowest BCUT2D eigenvalue weighted by molar-refractivity contribution is -0.134. The first-order valence-electron chi connectivity index (χ1n) is 9.51. The monoisotopic (exact) mass is 366 g/mol. The van der Waals surface area contributed by atoms with E-state index < -0.39 is 0 Å². The molecule has 142 valence electrons. The minimum atomic E-state index is -0.0464. The molecule has 0 saturated carbocycles. The Morgan fingerprint density at radius 1 is 0.889 bits per heavy atom. The van der Waals surface area contributed by atoms with Gasteiger partial charge in [0.1, 0.15) is 5.75 Å². The van der Waals surface area contributed by atoms with Crippen molar-refractivity contribution in [3.63, 3.8) is 0 Å². The van der Waals surface area contributed by atoms with E-state index in [2.05, 4.69) is 6.92 Å². The van der Waals surface area contributed by atoms with Gasteiger partial charge in [0, 0.05) is 31.7 Å². The van der Waals surface area contributed by atoms with Gasteiger partial charge in [-0.2, -0.15) is 0 Å². The molecule has 2 amide bonds. The summed E-state index contributed by atoms with van der Waals surface area (Å²) in [5.41, 5.74) is 1.96. The van der Waals surface area contributed by atoms with Crippen LogP contribution in [0.5, 0.6) is 5.75 Å². The molecule has 0 aliphatic carbocycles. The van der Waals surface area contributed by atoms with Gasteiger partial charge >= 0.3 is 0 Å². The Labute approximate surface area is 160 Å². The summed E-state index contributed by atoms with van der Waals surface area (Å²) >= 11 is 0. The number of rotatable bonds is 6. The molecule has 0 spiro atoms. The Kier molecular flexibility index (Phi) is 6.47. The first kappa shape index (κ1) is 19.0. The van der Waals surface area contributed by atoms with Gasteiger partial charge in [-0.25, -0.2) is 0 Å². The Bertz CT molecular complexity index is 751. The van der Waals surface area contributed by atoms with Gasteiger partial charge in [-0.05, 0) is 36.2 Å². The molecule has 2 aromatic rings. The maximum Gasteiger partial charge on any atom is 0.260 e. The van der Waals surface area contributed by atoms with Gasteiger partial charge in [-0.1, -0.05) is 43.7 Å². The highest BCUT2D eigenvalue weighted by atomic mass is 16.5. The summed E-state index contributed by atoms with van der Waals surface area (Å²) in [6.07, 6.45) is 2.12. The van der Waals surface area contributed by atoms with E-state index >= 15 is 0 Å². The summed E-state index contributed by atoms with van der Waals surface area (Å²) in [6, 6.07) is 17.2. The predicted octanol–water partition coefficient (Wildman–Crippen LogP) is 3.00. The van der Waals surface area contributed by atoms with Crippen molar-refractivity contribution in [1.29, 1.82) is 0 Å². The molecule has 2 aromatic carbocycles. The standard InChI is InChI=1S/C22H26N2O3/c1-2-6-18-9-11-19(12-10-18)22(26)24-15-13-23(14-16-24)21(25)17-27-20-7-4-3-5-8-20/h3-5,7-12H,2,6,13-17H2,1H3. The van der Waals surface area contributed by atoms with E-state index in [0.29, 0.717) is 37.5 Å². The van der Waals surface area contributed by atoms with Crippen LogP contribution in [0.1, 0.15) is 29.3 Å². The minimum Gasteiger partial charge on any atom is -0.484 e. The SMILES string of the molecule is CCCc1ccc(C(=O)N2CCN(C(=O)COc3ccccc3)CC2)cc1. The van der Waals surface area contributed by atoms with Crippen LogP contribution in [0.2, 0.25) is 0 Å². The molecule has 1 aliphatic rings. The molecule has 27 heavy (non-hydrogen) atoms. The predicted molar refractivity (Wildman–Crippen MR) is 105 cm³/mol. The molecule has 0 aromatic heterocycles. The van der Waals surface area contributed by atoms with Crippen LogP contribution in [-0.4, -0.2) is 54.4 Å². The maximum atomic E-state index is 12.7. The second kappa shape index (κ2) is 9.21. The lowest BCUT2D eigenvalue weighted by Gasteiger charge is -2.34. The number of benzene rings is 2. The summed E-state index contributed by atoms with van der Waals surface area (Å²) in [7, 11) is 0. The van der Waals surface area contributed by atoms with Crippen molar-refractivity contribution < 1.29 is 14.3 Å². The summed E-state index contributed by atoms with van der Waals surface area (Å²) in [5, 5.41) is 0. The van der Waals surface area contributed by atoms with Crippen LogP contribution < -0.4 is 4.74 Å². The maximum absolute atomic E-state index is 12.7. The molecular weight excluding hydrogens is 340 g/mol. The van der Waals surface area contributed by atoms with Gasteiger partial charge in [-0.3, -0.25) is 9.59 Å². The van der Waals surface area contributed by atoms with E-state index in [1.54, 1.807) is 4.90 Å². The number of nitrogens with zero attached hydrogens (tertiary/aromatic N) is 2. The number of piperazine rings is 1. The highest BCUT2D eigenvalue weighted by molar-refractivity contribution is 5.94. The van der Waals surface area contributed by atoms with E-state index in [1.165, 1.54) is 5.56 Å². The molecule has 1 heterocycles. The van der Waals surface area contributed by atoms with Crippen LogP contribution in [0, 0.1) is 0 Å². The topological polar surface area (TPSA) is 49.9 Å². The van der Waals surface area contributed by atoms with Gasteiger partial charge in [0.25, 0.3) is 11.8 Å². The number of para-hydroxylation sites is 1. The van der Waals surface area contributed by atoms with Gasteiger partial charge < -0.3 is 14.5 Å². The van der Waals surface area contributed by atoms with Crippen molar-refractivity contribution in [2.45, 2.75) is 19.8 Å². The zero-order chi connectivity index (χ0) is 19.1. The van der Waals surface area contributed by atoms with E-state index in [1.807, 2.05) is 59.5 Å². The van der Waals surface area contributed by atoms with E-state index in [9.17, 15) is 9.59 Å². The molecule has 0 bridgehead atoms. The van der Waals surface area contributed by atoms with E-state index in [4.69, 9.17) is 4.74 Å². The van der Waals surface area contributed by atoms with Crippen LogP contribution in [0.4, 0.5) is 0 Å². The number of ether oxygens (including phenoxy) is 1. The Morgan fingerprint density at radius 2 is 1.52 bits per heavy atom. The molecule has 0 N–H and O–H groups in total. The number of hydrogen-bond donors (Lipinski definition) is 0. The lowest BCUT2D eigenvalue weighted by atomic mass is 10.1. The smallest absolute Gasteiger partial charge is 0.260 e. The van der Waals surface area contributed by atoms with Crippen molar-refractivity contribution in [3.8, 4) is 5.75 Å². The molecule has 1 saturated heterocycles. The number of carbonyl (C=O) groups excluding carboxylic acids is 2. The van der Waals surface area contributed by atoms with Crippen LogP contribution in [0.15, 0.2) is 54.6 Å². The number of carbonyl (C=O) groups is 2. The quantitative estimate of drug-likeness (QED) is 0.790. The third-order valence-corrected chi connectivity index (χ3v) is 4.76. The molecule has 5 nitrogen and oxygen atoms in total. The van der Waals surface area contributed by atoms with Gasteiger partial charge in [0.2, 0.25) is 0 Å². The second-order valence-electron chi connectivity index (χ2n) is 6.72. The Balaban J connectivity index is 1.47. The fourth-order valence-electron chi connectivity index (χ4n) is 3.20. The molecule has 0 unspecified atom stereocenters. The minimum absolute atomic E-state index is 0.0247. The first-order valence-corrected chi connectivity index (χ1v) is 9.51. The molecular formula is C22H26N2O3. The van der Waals surface area contributed by atoms with Crippen molar-refractivity contribution in [3.05, 3.63) is 65.7 Å². The molecule has 1 aliphatic heterocycles. The molecule has 1 fully saturated rings.